The van der Waals surface area contributed by atoms with Crippen molar-refractivity contribution in [1.29, 1.82) is 0 Å². The lowest BCUT2D eigenvalue weighted by molar-refractivity contribution is 0.0930. The van der Waals surface area contributed by atoms with E-state index in [1.807, 2.05) is 6.07 Å². The van der Waals surface area contributed by atoms with Gasteiger partial charge in [-0.25, -0.2) is 0 Å². The maximum Gasteiger partial charge on any atom is 0.272 e. The van der Waals surface area contributed by atoms with Crippen molar-refractivity contribution in [3.63, 3.8) is 0 Å². The molecule has 0 saturated heterocycles. The first-order valence-corrected chi connectivity index (χ1v) is 7.60. The van der Waals surface area contributed by atoms with Gasteiger partial charge in [0.2, 0.25) is 0 Å². The van der Waals surface area contributed by atoms with E-state index < -0.39 is 0 Å². The third-order valence-electron chi connectivity index (χ3n) is 4.04. The van der Waals surface area contributed by atoms with E-state index in [0.717, 1.165) is 17.7 Å². The van der Waals surface area contributed by atoms with Crippen molar-refractivity contribution in [1.82, 2.24) is 15.5 Å². The van der Waals surface area contributed by atoms with Gasteiger partial charge in [0.05, 0.1) is 6.04 Å². The van der Waals surface area contributed by atoms with Gasteiger partial charge in [-0.05, 0) is 37.8 Å². The molecule has 1 atom stereocenters. The molecule has 110 valence electrons. The maximum absolute atomic E-state index is 12.3. The number of benzene rings is 1. The van der Waals surface area contributed by atoms with E-state index in [-0.39, 0.29) is 11.9 Å². The first kappa shape index (κ1) is 13.9. The largest absolute Gasteiger partial charge is 0.344 e. The molecule has 0 spiro atoms. The van der Waals surface area contributed by atoms with Crippen molar-refractivity contribution in [2.75, 3.05) is 0 Å². The summed E-state index contributed by atoms with van der Waals surface area (Å²) in [5.41, 5.74) is 3.93. The summed E-state index contributed by atoms with van der Waals surface area (Å²) in [7, 11) is 0. The summed E-state index contributed by atoms with van der Waals surface area (Å²) < 4.78 is 0. The highest BCUT2D eigenvalue weighted by Crippen LogP contribution is 2.39. The van der Waals surface area contributed by atoms with Crippen LogP contribution in [0.25, 0.3) is 0 Å². The van der Waals surface area contributed by atoms with Crippen molar-refractivity contribution in [3.8, 4) is 0 Å². The molecule has 0 radical (unpaired) electrons. The average Bonchev–Trinajstić information content (AvgIpc) is 3.23. The molecular formula is C17H21N3O. The number of amides is 1. The lowest BCUT2D eigenvalue weighted by atomic mass is 10.0. The molecule has 1 aliphatic carbocycles. The van der Waals surface area contributed by atoms with Gasteiger partial charge in [-0.3, -0.25) is 9.89 Å². The number of hydrogen-bond acceptors (Lipinski definition) is 2. The molecule has 4 heteroatoms. The zero-order valence-electron chi connectivity index (χ0n) is 12.5. The number of H-pyrrole nitrogens is 1. The van der Waals surface area contributed by atoms with Crippen LogP contribution in [0.3, 0.4) is 0 Å². The smallest absolute Gasteiger partial charge is 0.272 e. The molecule has 1 unspecified atom stereocenters. The van der Waals surface area contributed by atoms with E-state index in [1.54, 1.807) is 0 Å². The van der Waals surface area contributed by atoms with Crippen LogP contribution in [0.15, 0.2) is 30.3 Å². The van der Waals surface area contributed by atoms with E-state index in [0.29, 0.717) is 11.6 Å². The van der Waals surface area contributed by atoms with E-state index in [1.165, 1.54) is 18.4 Å². The van der Waals surface area contributed by atoms with Crippen molar-refractivity contribution >= 4 is 5.91 Å². The molecule has 0 aliphatic heterocycles. The Bertz CT molecular complexity index is 626. The molecule has 1 aromatic carbocycles. The molecule has 1 fully saturated rings. The summed E-state index contributed by atoms with van der Waals surface area (Å²) in [5.74, 6) is 0.476. The fourth-order valence-electron chi connectivity index (χ4n) is 2.51. The second-order valence-electron chi connectivity index (χ2n) is 5.83. The van der Waals surface area contributed by atoms with Crippen molar-refractivity contribution in [3.05, 3.63) is 52.8 Å². The molecule has 2 aromatic rings. The first-order chi connectivity index (χ1) is 10.2. The molecule has 1 heterocycles. The van der Waals surface area contributed by atoms with Crippen molar-refractivity contribution in [2.45, 2.75) is 45.1 Å². The van der Waals surface area contributed by atoms with Gasteiger partial charge in [0, 0.05) is 11.6 Å². The van der Waals surface area contributed by atoms with Crippen LogP contribution in [-0.4, -0.2) is 16.1 Å². The highest BCUT2D eigenvalue weighted by atomic mass is 16.2. The minimum absolute atomic E-state index is 0.0270. The zero-order valence-corrected chi connectivity index (χ0v) is 12.5. The summed E-state index contributed by atoms with van der Waals surface area (Å²) in [6.45, 7) is 4.14. The molecule has 1 amide bonds. The molecule has 2 N–H and O–H groups in total. The van der Waals surface area contributed by atoms with Gasteiger partial charge in [0.1, 0.15) is 5.69 Å². The van der Waals surface area contributed by atoms with Gasteiger partial charge in [-0.1, -0.05) is 36.8 Å². The Morgan fingerprint density at radius 3 is 2.71 bits per heavy atom. The van der Waals surface area contributed by atoms with E-state index in [4.69, 9.17) is 0 Å². The standard InChI is InChI=1S/C17H21N3O/c1-3-14(12-6-4-11(2)5-7-12)18-17(21)16-10-15(19-20-16)13-8-9-13/h4-7,10,13-14H,3,8-9H2,1-2H3,(H,18,21)(H,19,20). The monoisotopic (exact) mass is 283 g/mol. The fraction of sp³-hybridized carbons (Fsp3) is 0.412. The highest BCUT2D eigenvalue weighted by molar-refractivity contribution is 5.92. The molecule has 1 aliphatic rings. The van der Waals surface area contributed by atoms with Crippen LogP contribution >= 0.6 is 0 Å². The number of nitrogens with one attached hydrogen (secondary N) is 2. The minimum Gasteiger partial charge on any atom is -0.344 e. The van der Waals surface area contributed by atoms with Crippen LogP contribution < -0.4 is 5.32 Å². The van der Waals surface area contributed by atoms with Gasteiger partial charge in [0.25, 0.3) is 5.91 Å². The van der Waals surface area contributed by atoms with Gasteiger partial charge in [-0.15, -0.1) is 0 Å². The molecule has 1 aromatic heterocycles. The van der Waals surface area contributed by atoms with Crippen molar-refractivity contribution in [2.24, 2.45) is 0 Å². The quantitative estimate of drug-likeness (QED) is 0.882. The third kappa shape index (κ3) is 3.15. The van der Waals surface area contributed by atoms with Crippen molar-refractivity contribution < 1.29 is 4.79 Å². The second kappa shape index (κ2) is 5.72. The number of hydrogen-bond donors (Lipinski definition) is 2. The zero-order chi connectivity index (χ0) is 14.8. The van der Waals surface area contributed by atoms with Gasteiger partial charge >= 0.3 is 0 Å². The number of nitrogens with zero attached hydrogens (tertiary/aromatic N) is 1. The summed E-state index contributed by atoms with van der Waals surface area (Å²) in [4.78, 5) is 12.3. The van der Waals surface area contributed by atoms with E-state index in [9.17, 15) is 4.79 Å². The predicted octanol–water partition coefficient (Wildman–Crippen LogP) is 3.48. The molecule has 21 heavy (non-hydrogen) atoms. The number of aryl methyl sites for hydroxylation is 1. The molecule has 3 rings (SSSR count). The normalized spacial score (nSPS) is 15.7. The number of carbonyl (C=O) groups is 1. The summed E-state index contributed by atoms with van der Waals surface area (Å²) in [5, 5.41) is 10.2. The molecular weight excluding hydrogens is 262 g/mol. The van der Waals surface area contributed by atoms with Crippen LogP contribution in [0.4, 0.5) is 0 Å². The van der Waals surface area contributed by atoms with E-state index >= 15 is 0 Å². The Morgan fingerprint density at radius 1 is 1.38 bits per heavy atom. The average molecular weight is 283 g/mol. The lowest BCUT2D eigenvalue weighted by Gasteiger charge is -2.17. The summed E-state index contributed by atoms with van der Waals surface area (Å²) >= 11 is 0. The topological polar surface area (TPSA) is 57.8 Å². The van der Waals surface area contributed by atoms with Crippen LogP contribution in [0.5, 0.6) is 0 Å². The molecule has 1 saturated carbocycles. The first-order valence-electron chi connectivity index (χ1n) is 7.60. The Balaban J connectivity index is 1.70. The number of aromatic amines is 1. The minimum atomic E-state index is -0.106. The highest BCUT2D eigenvalue weighted by Gasteiger charge is 2.26. The van der Waals surface area contributed by atoms with Crippen LogP contribution in [0, 0.1) is 6.92 Å². The Hall–Kier alpha value is -2.10. The fourth-order valence-corrected chi connectivity index (χ4v) is 2.51. The lowest BCUT2D eigenvalue weighted by Crippen LogP contribution is -2.28. The Morgan fingerprint density at radius 2 is 2.10 bits per heavy atom. The van der Waals surface area contributed by atoms with Gasteiger partial charge in [-0.2, -0.15) is 5.10 Å². The summed E-state index contributed by atoms with van der Waals surface area (Å²) in [6, 6.07) is 10.2. The number of rotatable bonds is 5. The maximum atomic E-state index is 12.3. The second-order valence-corrected chi connectivity index (χ2v) is 5.83. The Kier molecular flexibility index (Phi) is 3.78. The van der Waals surface area contributed by atoms with Crippen LogP contribution in [-0.2, 0) is 0 Å². The van der Waals surface area contributed by atoms with E-state index in [2.05, 4.69) is 53.6 Å². The molecule has 4 nitrogen and oxygen atoms in total. The Labute approximate surface area is 125 Å². The van der Waals surface area contributed by atoms with Gasteiger partial charge < -0.3 is 5.32 Å². The number of carbonyl (C=O) groups excluding carboxylic acids is 1. The van der Waals surface area contributed by atoms with Crippen LogP contribution in [0.2, 0.25) is 0 Å². The summed E-state index contributed by atoms with van der Waals surface area (Å²) in [6.07, 6.45) is 3.25. The third-order valence-corrected chi connectivity index (χ3v) is 4.04. The SMILES string of the molecule is CCC(NC(=O)c1cc(C2CC2)[nH]n1)c1ccc(C)cc1. The van der Waals surface area contributed by atoms with Gasteiger partial charge in [0.15, 0.2) is 0 Å². The predicted molar refractivity (Wildman–Crippen MR) is 82.2 cm³/mol. The number of aromatic nitrogens is 2. The molecule has 0 bridgehead atoms. The van der Waals surface area contributed by atoms with Crippen LogP contribution in [0.1, 0.15) is 65.5 Å².